The smallest absolute Gasteiger partial charge is 0.0230 e. The summed E-state index contributed by atoms with van der Waals surface area (Å²) in [5, 5.41) is 3.66. The lowest BCUT2D eigenvalue weighted by atomic mass is 10.2. The topological polar surface area (TPSA) is 18.5 Å². The molecule has 1 fully saturated rings. The molecule has 1 unspecified atom stereocenters. The second kappa shape index (κ2) is 7.63. The van der Waals surface area contributed by atoms with Crippen molar-refractivity contribution in [1.29, 1.82) is 0 Å². The van der Waals surface area contributed by atoms with Gasteiger partial charge in [-0.15, -0.1) is 0 Å². The molecule has 1 aliphatic heterocycles. The number of nitrogens with zero attached hydrogens (tertiary/aromatic N) is 2. The molecule has 1 aromatic carbocycles. The minimum atomic E-state index is 0.712. The molecule has 3 heteroatoms. The van der Waals surface area contributed by atoms with Gasteiger partial charge >= 0.3 is 0 Å². The van der Waals surface area contributed by atoms with Crippen LogP contribution in [0.1, 0.15) is 18.4 Å². The average molecular weight is 261 g/mol. The van der Waals surface area contributed by atoms with Crippen LogP contribution in [0.3, 0.4) is 0 Å². The number of likely N-dealkylation sites (tertiary alicyclic amines) is 1. The molecule has 0 aromatic heterocycles. The summed E-state index contributed by atoms with van der Waals surface area (Å²) in [6.07, 6.45) is 2.53. The van der Waals surface area contributed by atoms with E-state index < -0.39 is 0 Å². The van der Waals surface area contributed by atoms with Crippen LogP contribution in [0.4, 0.5) is 0 Å². The van der Waals surface area contributed by atoms with Crippen molar-refractivity contribution in [3.63, 3.8) is 0 Å². The maximum Gasteiger partial charge on any atom is 0.0230 e. The molecular weight excluding hydrogens is 234 g/mol. The third kappa shape index (κ3) is 5.31. The number of hydrogen-bond donors (Lipinski definition) is 1. The maximum absolute atomic E-state index is 3.66. The highest BCUT2D eigenvalue weighted by molar-refractivity contribution is 5.14. The summed E-state index contributed by atoms with van der Waals surface area (Å²) in [7, 11) is 4.41. The van der Waals surface area contributed by atoms with Gasteiger partial charge in [0, 0.05) is 19.1 Å². The fourth-order valence-electron chi connectivity index (χ4n) is 2.73. The Morgan fingerprint density at radius 2 is 2.11 bits per heavy atom. The highest BCUT2D eigenvalue weighted by Crippen LogP contribution is 2.06. The molecule has 1 aliphatic rings. The van der Waals surface area contributed by atoms with E-state index in [0.717, 1.165) is 19.6 Å². The van der Waals surface area contributed by atoms with E-state index in [9.17, 15) is 0 Å². The second-order valence-electron chi connectivity index (χ2n) is 5.78. The van der Waals surface area contributed by atoms with Gasteiger partial charge in [0.2, 0.25) is 0 Å². The zero-order valence-corrected chi connectivity index (χ0v) is 12.3. The van der Waals surface area contributed by atoms with Gasteiger partial charge in [0.25, 0.3) is 0 Å². The van der Waals surface area contributed by atoms with Crippen molar-refractivity contribution in [1.82, 2.24) is 15.1 Å². The fourth-order valence-corrected chi connectivity index (χ4v) is 2.73. The summed E-state index contributed by atoms with van der Waals surface area (Å²) < 4.78 is 0. The monoisotopic (exact) mass is 261 g/mol. The third-order valence-electron chi connectivity index (χ3n) is 3.84. The summed E-state index contributed by atoms with van der Waals surface area (Å²) in [6.45, 7) is 5.79. The Bertz CT molecular complexity index is 352. The summed E-state index contributed by atoms with van der Waals surface area (Å²) in [6, 6.07) is 11.4. The number of nitrogens with one attached hydrogen (secondary N) is 1. The average Bonchev–Trinajstić information content (AvgIpc) is 2.82. The van der Waals surface area contributed by atoms with Gasteiger partial charge in [0.15, 0.2) is 0 Å². The molecule has 0 bridgehead atoms. The van der Waals surface area contributed by atoms with Crippen LogP contribution in [0.2, 0.25) is 0 Å². The van der Waals surface area contributed by atoms with Gasteiger partial charge in [-0.3, -0.25) is 0 Å². The Balaban J connectivity index is 1.55. The first-order valence-electron chi connectivity index (χ1n) is 7.38. The number of likely N-dealkylation sites (N-methyl/N-ethyl adjacent to an activating group) is 1. The van der Waals surface area contributed by atoms with Crippen LogP contribution in [-0.2, 0) is 6.54 Å². The zero-order chi connectivity index (χ0) is 13.5. The van der Waals surface area contributed by atoms with E-state index in [1.54, 1.807) is 0 Å². The molecule has 1 N–H and O–H groups in total. The van der Waals surface area contributed by atoms with Crippen molar-refractivity contribution in [2.75, 3.05) is 40.3 Å². The van der Waals surface area contributed by atoms with E-state index in [1.165, 1.54) is 31.5 Å². The Morgan fingerprint density at radius 1 is 1.32 bits per heavy atom. The van der Waals surface area contributed by atoms with E-state index in [4.69, 9.17) is 0 Å². The van der Waals surface area contributed by atoms with Crippen LogP contribution in [0, 0.1) is 0 Å². The molecule has 0 saturated carbocycles. The lowest BCUT2D eigenvalue weighted by Crippen LogP contribution is -2.33. The molecule has 1 saturated heterocycles. The molecule has 1 heterocycles. The first-order chi connectivity index (χ1) is 9.24. The van der Waals surface area contributed by atoms with Crippen molar-refractivity contribution < 1.29 is 0 Å². The third-order valence-corrected chi connectivity index (χ3v) is 3.84. The Hall–Kier alpha value is -0.900. The van der Waals surface area contributed by atoms with Gasteiger partial charge in [0.1, 0.15) is 0 Å². The van der Waals surface area contributed by atoms with E-state index in [1.807, 2.05) is 0 Å². The van der Waals surface area contributed by atoms with Crippen LogP contribution < -0.4 is 5.32 Å². The molecule has 2 rings (SSSR count). The summed E-state index contributed by atoms with van der Waals surface area (Å²) in [4.78, 5) is 4.80. The van der Waals surface area contributed by atoms with Crippen LogP contribution >= 0.6 is 0 Å². The Morgan fingerprint density at radius 3 is 2.79 bits per heavy atom. The lowest BCUT2D eigenvalue weighted by molar-refractivity contribution is 0.315. The van der Waals surface area contributed by atoms with Crippen molar-refractivity contribution in [2.24, 2.45) is 0 Å². The minimum Gasteiger partial charge on any atom is -0.313 e. The number of benzene rings is 1. The van der Waals surface area contributed by atoms with E-state index in [0.29, 0.717) is 6.04 Å². The molecule has 3 nitrogen and oxygen atoms in total. The van der Waals surface area contributed by atoms with E-state index >= 15 is 0 Å². The normalized spacial score (nSPS) is 20.3. The van der Waals surface area contributed by atoms with Gasteiger partial charge in [0.05, 0.1) is 0 Å². The molecule has 0 spiro atoms. The quantitative estimate of drug-likeness (QED) is 0.755. The van der Waals surface area contributed by atoms with E-state index in [-0.39, 0.29) is 0 Å². The number of rotatable bonds is 7. The largest absolute Gasteiger partial charge is 0.313 e. The first-order valence-corrected chi connectivity index (χ1v) is 7.38. The first kappa shape index (κ1) is 14.5. The van der Waals surface area contributed by atoms with Crippen molar-refractivity contribution in [3.05, 3.63) is 35.9 Å². The molecule has 19 heavy (non-hydrogen) atoms. The van der Waals surface area contributed by atoms with Gasteiger partial charge in [-0.25, -0.2) is 0 Å². The predicted octanol–water partition coefficient (Wildman–Crippen LogP) is 1.80. The lowest BCUT2D eigenvalue weighted by Gasteiger charge is -2.18. The van der Waals surface area contributed by atoms with E-state index in [2.05, 4.69) is 59.5 Å². The SMILES string of the molecule is CN(CCCNC1CCN(C)C1)Cc1ccccc1. The van der Waals surface area contributed by atoms with Gasteiger partial charge < -0.3 is 15.1 Å². The summed E-state index contributed by atoms with van der Waals surface area (Å²) >= 11 is 0. The fraction of sp³-hybridized carbons (Fsp3) is 0.625. The number of hydrogen-bond acceptors (Lipinski definition) is 3. The molecule has 0 radical (unpaired) electrons. The van der Waals surface area contributed by atoms with Crippen LogP contribution in [-0.4, -0.2) is 56.1 Å². The molecular formula is C16H27N3. The molecule has 106 valence electrons. The Labute approximate surface area is 117 Å². The second-order valence-corrected chi connectivity index (χ2v) is 5.78. The predicted molar refractivity (Wildman–Crippen MR) is 81.3 cm³/mol. The van der Waals surface area contributed by atoms with Crippen molar-refractivity contribution in [2.45, 2.75) is 25.4 Å². The minimum absolute atomic E-state index is 0.712. The van der Waals surface area contributed by atoms with Crippen LogP contribution in [0.15, 0.2) is 30.3 Å². The summed E-state index contributed by atoms with van der Waals surface area (Å²) in [5.74, 6) is 0. The van der Waals surface area contributed by atoms with Crippen molar-refractivity contribution >= 4 is 0 Å². The Kier molecular flexibility index (Phi) is 5.83. The molecule has 1 aromatic rings. The highest BCUT2D eigenvalue weighted by atomic mass is 15.2. The maximum atomic E-state index is 3.66. The van der Waals surface area contributed by atoms with Crippen LogP contribution in [0.5, 0.6) is 0 Å². The van der Waals surface area contributed by atoms with Gasteiger partial charge in [-0.1, -0.05) is 30.3 Å². The van der Waals surface area contributed by atoms with Crippen molar-refractivity contribution in [3.8, 4) is 0 Å². The zero-order valence-electron chi connectivity index (χ0n) is 12.3. The van der Waals surface area contributed by atoms with Crippen LogP contribution in [0.25, 0.3) is 0 Å². The summed E-state index contributed by atoms with van der Waals surface area (Å²) in [5.41, 5.74) is 1.40. The van der Waals surface area contributed by atoms with Gasteiger partial charge in [-0.05, 0) is 52.1 Å². The molecule has 1 atom stereocenters. The molecule has 0 amide bonds. The van der Waals surface area contributed by atoms with Gasteiger partial charge in [-0.2, -0.15) is 0 Å². The molecule has 0 aliphatic carbocycles. The highest BCUT2D eigenvalue weighted by Gasteiger charge is 2.17. The standard InChI is InChI=1S/C16H27N3/c1-18(13-15-7-4-3-5-8-15)11-6-10-17-16-9-12-19(2)14-16/h3-5,7-8,16-17H,6,9-14H2,1-2H3.